The third kappa shape index (κ3) is 6.84. The first-order valence-electron chi connectivity index (χ1n) is 11.4. The van der Waals surface area contributed by atoms with Crippen LogP contribution in [-0.2, 0) is 19.6 Å². The van der Waals surface area contributed by atoms with Crippen LogP contribution in [0, 0.1) is 5.82 Å². The van der Waals surface area contributed by atoms with Crippen molar-refractivity contribution in [2.24, 2.45) is 0 Å². The Morgan fingerprint density at radius 1 is 1.00 bits per heavy atom. The first-order chi connectivity index (χ1) is 17.0. The molecule has 4 aromatic rings. The molecule has 1 N–H and O–H groups in total. The number of ether oxygens (including phenoxy) is 1. The molecule has 4 nitrogen and oxygen atoms in total. The van der Waals surface area contributed by atoms with Gasteiger partial charge in [-0.2, -0.15) is 0 Å². The van der Waals surface area contributed by atoms with Gasteiger partial charge in [-0.05, 0) is 78.8 Å². The highest BCUT2D eigenvalue weighted by Gasteiger charge is 2.15. The van der Waals surface area contributed by atoms with Crippen LogP contribution in [0.5, 0.6) is 5.75 Å². The zero-order valence-electron chi connectivity index (χ0n) is 19.5. The fourth-order valence-corrected chi connectivity index (χ4v) is 4.26. The fourth-order valence-electron chi connectivity index (χ4n) is 3.78. The van der Waals surface area contributed by atoms with E-state index in [1.165, 1.54) is 12.1 Å². The van der Waals surface area contributed by atoms with Gasteiger partial charge in [0.15, 0.2) is 5.11 Å². The van der Waals surface area contributed by atoms with Crippen LogP contribution in [-0.4, -0.2) is 21.2 Å². The molecule has 0 radical (unpaired) electrons. The molecule has 0 fully saturated rings. The predicted octanol–water partition coefficient (Wildman–Crippen LogP) is 7.13. The lowest BCUT2D eigenvalue weighted by molar-refractivity contribution is 0.340. The van der Waals surface area contributed by atoms with Gasteiger partial charge in [0.2, 0.25) is 0 Å². The predicted molar refractivity (Wildman–Crippen MR) is 144 cm³/mol. The van der Waals surface area contributed by atoms with Crippen LogP contribution in [0.4, 0.5) is 10.1 Å². The van der Waals surface area contributed by atoms with Gasteiger partial charge in [0.1, 0.15) is 11.6 Å². The summed E-state index contributed by atoms with van der Waals surface area (Å²) in [5, 5.41) is 4.39. The largest absolute Gasteiger partial charge is 0.494 e. The summed E-state index contributed by atoms with van der Waals surface area (Å²) in [7, 11) is 0. The molecule has 4 rings (SSSR count). The maximum atomic E-state index is 13.5. The number of rotatable bonds is 9. The van der Waals surface area contributed by atoms with Gasteiger partial charge >= 0.3 is 0 Å². The molecule has 0 amide bonds. The summed E-state index contributed by atoms with van der Waals surface area (Å²) < 4.78 is 21.1. The number of benzene rings is 3. The Labute approximate surface area is 215 Å². The Kier molecular flexibility index (Phi) is 8.40. The standard InChI is InChI=1S/C28H27ClFN3OS/c1-2-34-26-14-12-24(13-15-26)31-28(35)33(18-21-7-4-3-5-8-21)20-25-9-6-16-32(25)19-22-10-11-23(30)17-27(22)29/h3-17H,2,18-20H2,1H3,(H,31,35). The smallest absolute Gasteiger partial charge is 0.174 e. The first kappa shape index (κ1) is 24.8. The first-order valence-corrected chi connectivity index (χ1v) is 12.2. The van der Waals surface area contributed by atoms with Gasteiger partial charge in [-0.1, -0.05) is 48.0 Å². The monoisotopic (exact) mass is 507 g/mol. The molecule has 1 heterocycles. The van der Waals surface area contributed by atoms with Crippen LogP contribution in [0.1, 0.15) is 23.7 Å². The molecule has 3 aromatic carbocycles. The summed E-state index contributed by atoms with van der Waals surface area (Å²) >= 11 is 12.1. The Morgan fingerprint density at radius 2 is 1.77 bits per heavy atom. The van der Waals surface area contributed by atoms with Crippen molar-refractivity contribution in [3.8, 4) is 5.75 Å². The Bertz CT molecular complexity index is 1260. The minimum atomic E-state index is -0.341. The van der Waals surface area contributed by atoms with E-state index in [4.69, 9.17) is 28.6 Å². The fraction of sp³-hybridized carbons (Fsp3) is 0.179. The van der Waals surface area contributed by atoms with E-state index in [0.29, 0.717) is 36.4 Å². The number of nitrogens with one attached hydrogen (secondary N) is 1. The summed E-state index contributed by atoms with van der Waals surface area (Å²) in [6.07, 6.45) is 2.00. The summed E-state index contributed by atoms with van der Waals surface area (Å²) in [5.41, 5.74) is 3.97. The van der Waals surface area contributed by atoms with Gasteiger partial charge < -0.3 is 19.5 Å². The van der Waals surface area contributed by atoms with Crippen LogP contribution in [0.2, 0.25) is 5.02 Å². The summed E-state index contributed by atoms with van der Waals surface area (Å²) in [6, 6.07) is 26.5. The van der Waals surface area contributed by atoms with Gasteiger partial charge in [-0.25, -0.2) is 4.39 Å². The van der Waals surface area contributed by atoms with Crippen molar-refractivity contribution in [1.82, 2.24) is 9.47 Å². The molecule has 35 heavy (non-hydrogen) atoms. The molecule has 0 bridgehead atoms. The lowest BCUT2D eigenvalue weighted by Crippen LogP contribution is -2.34. The summed E-state index contributed by atoms with van der Waals surface area (Å²) in [5.74, 6) is 0.480. The van der Waals surface area contributed by atoms with Crippen molar-refractivity contribution < 1.29 is 9.13 Å². The minimum absolute atomic E-state index is 0.341. The van der Waals surface area contributed by atoms with Crippen LogP contribution in [0.3, 0.4) is 0 Å². The maximum absolute atomic E-state index is 13.5. The Balaban J connectivity index is 1.53. The van der Waals surface area contributed by atoms with Gasteiger partial charge in [0.25, 0.3) is 0 Å². The quantitative estimate of drug-likeness (QED) is 0.244. The Morgan fingerprint density at radius 3 is 2.49 bits per heavy atom. The van der Waals surface area contributed by atoms with E-state index in [9.17, 15) is 4.39 Å². The molecule has 0 aliphatic carbocycles. The van der Waals surface area contributed by atoms with Crippen molar-refractivity contribution >= 4 is 34.6 Å². The molecular formula is C28H27ClFN3OS. The van der Waals surface area contributed by atoms with Crippen molar-refractivity contribution in [1.29, 1.82) is 0 Å². The SMILES string of the molecule is CCOc1ccc(NC(=S)N(Cc2ccccc2)Cc2cccn2Cc2ccc(F)cc2Cl)cc1. The van der Waals surface area contributed by atoms with Crippen LogP contribution >= 0.6 is 23.8 Å². The number of hydrogen-bond acceptors (Lipinski definition) is 2. The lowest BCUT2D eigenvalue weighted by Gasteiger charge is -2.27. The molecule has 0 unspecified atom stereocenters. The van der Waals surface area contributed by atoms with E-state index in [0.717, 1.165) is 28.3 Å². The van der Waals surface area contributed by atoms with E-state index in [-0.39, 0.29) is 5.82 Å². The van der Waals surface area contributed by atoms with E-state index < -0.39 is 0 Å². The molecule has 0 saturated carbocycles. The summed E-state index contributed by atoms with van der Waals surface area (Å²) in [6.45, 7) is 4.36. The van der Waals surface area contributed by atoms with Gasteiger partial charge in [-0.15, -0.1) is 0 Å². The molecule has 0 aliphatic rings. The second-order valence-corrected chi connectivity index (χ2v) is 8.89. The van der Waals surface area contributed by atoms with Crippen molar-refractivity contribution in [2.45, 2.75) is 26.6 Å². The van der Waals surface area contributed by atoms with Crippen molar-refractivity contribution in [2.75, 3.05) is 11.9 Å². The average Bonchev–Trinajstić information content (AvgIpc) is 3.29. The number of aromatic nitrogens is 1. The topological polar surface area (TPSA) is 29.4 Å². The zero-order chi connectivity index (χ0) is 24.6. The number of nitrogens with zero attached hydrogens (tertiary/aromatic N) is 2. The Hall–Kier alpha value is -3.35. The molecule has 0 atom stereocenters. The van der Waals surface area contributed by atoms with E-state index in [1.807, 2.05) is 61.7 Å². The average molecular weight is 508 g/mol. The highest BCUT2D eigenvalue weighted by Crippen LogP contribution is 2.21. The van der Waals surface area contributed by atoms with E-state index in [2.05, 4.69) is 33.0 Å². The van der Waals surface area contributed by atoms with Gasteiger partial charge in [-0.3, -0.25) is 0 Å². The number of anilines is 1. The van der Waals surface area contributed by atoms with Crippen LogP contribution < -0.4 is 10.1 Å². The van der Waals surface area contributed by atoms with Crippen molar-refractivity contribution in [3.63, 3.8) is 0 Å². The third-order valence-electron chi connectivity index (χ3n) is 5.55. The van der Waals surface area contributed by atoms with E-state index in [1.54, 1.807) is 6.07 Å². The maximum Gasteiger partial charge on any atom is 0.174 e. The number of halogens is 2. The summed E-state index contributed by atoms with van der Waals surface area (Å²) in [4.78, 5) is 2.12. The highest BCUT2D eigenvalue weighted by atomic mass is 35.5. The second-order valence-electron chi connectivity index (χ2n) is 8.09. The zero-order valence-corrected chi connectivity index (χ0v) is 21.0. The molecular weight excluding hydrogens is 481 g/mol. The highest BCUT2D eigenvalue weighted by molar-refractivity contribution is 7.80. The van der Waals surface area contributed by atoms with Crippen molar-refractivity contribution in [3.05, 3.63) is 119 Å². The number of thiocarbonyl (C=S) groups is 1. The second kappa shape index (κ2) is 11.9. The molecule has 7 heteroatoms. The van der Waals surface area contributed by atoms with Gasteiger partial charge in [0, 0.05) is 35.7 Å². The lowest BCUT2D eigenvalue weighted by atomic mass is 10.2. The normalized spacial score (nSPS) is 10.7. The number of hydrogen-bond donors (Lipinski definition) is 1. The molecule has 0 aliphatic heterocycles. The molecule has 1 aromatic heterocycles. The molecule has 0 spiro atoms. The van der Waals surface area contributed by atoms with Crippen LogP contribution in [0.15, 0.2) is 91.1 Å². The van der Waals surface area contributed by atoms with E-state index >= 15 is 0 Å². The van der Waals surface area contributed by atoms with Crippen LogP contribution in [0.25, 0.3) is 0 Å². The third-order valence-corrected chi connectivity index (χ3v) is 6.26. The molecule has 0 saturated heterocycles. The molecule has 180 valence electrons. The minimum Gasteiger partial charge on any atom is -0.494 e. The van der Waals surface area contributed by atoms with Gasteiger partial charge in [0.05, 0.1) is 13.2 Å².